The molecule has 0 saturated carbocycles. The number of hydrogen-bond donors (Lipinski definition) is 2. The van der Waals surface area contributed by atoms with E-state index in [9.17, 15) is 14.4 Å². The number of piperidine rings is 1. The lowest BCUT2D eigenvalue weighted by Gasteiger charge is -2.32. The van der Waals surface area contributed by atoms with Gasteiger partial charge in [-0.1, -0.05) is 40.8 Å². The number of nitrogens with zero attached hydrogens (tertiary/aromatic N) is 2. The summed E-state index contributed by atoms with van der Waals surface area (Å²) in [5.74, 6) is 1.50. The molecule has 0 atom stereocenters. The van der Waals surface area contributed by atoms with Crippen LogP contribution in [0.2, 0.25) is 0 Å². The molecule has 1 saturated heterocycles. The van der Waals surface area contributed by atoms with Crippen molar-refractivity contribution in [3.63, 3.8) is 0 Å². The molecule has 0 bridgehead atoms. The van der Waals surface area contributed by atoms with Crippen LogP contribution in [0, 0.1) is 5.92 Å². The highest BCUT2D eigenvalue weighted by Crippen LogP contribution is 2.29. The van der Waals surface area contributed by atoms with Crippen LogP contribution in [-0.4, -0.2) is 46.7 Å². The number of ether oxygens (including phenoxy) is 3. The zero-order chi connectivity index (χ0) is 29.4. The maximum atomic E-state index is 12.9. The Balaban J connectivity index is 1.32. The van der Waals surface area contributed by atoms with Gasteiger partial charge in [0.25, 0.3) is 0 Å². The van der Waals surface area contributed by atoms with Gasteiger partial charge < -0.3 is 24.4 Å². The van der Waals surface area contributed by atoms with E-state index in [0.717, 1.165) is 5.56 Å². The van der Waals surface area contributed by atoms with Gasteiger partial charge in [-0.05, 0) is 75.6 Å². The minimum atomic E-state index is -0.582. The number of anilines is 2. The van der Waals surface area contributed by atoms with Crippen molar-refractivity contribution in [3.05, 3.63) is 72.4 Å². The Hall–Kier alpha value is -3.87. The largest absolute Gasteiger partial charge is 0.457 e. The minimum absolute atomic E-state index is 0.150. The maximum absolute atomic E-state index is 12.9. The lowest BCUT2D eigenvalue weighted by Crippen LogP contribution is -2.43. The van der Waals surface area contributed by atoms with Crippen molar-refractivity contribution in [2.45, 2.75) is 43.6 Å². The first kappa shape index (κ1) is 30.1. The van der Waals surface area contributed by atoms with E-state index in [4.69, 9.17) is 14.2 Å². The van der Waals surface area contributed by atoms with Crippen LogP contribution in [-0.2, 0) is 14.0 Å². The number of amides is 3. The van der Waals surface area contributed by atoms with E-state index in [2.05, 4.69) is 38.2 Å². The number of rotatable bonds is 7. The SMILES string of the molecule is CC(C)(C)OC(=O)N1CCC(C(=O)Nc2cc(Oc3ccc(NC(=O)Oc4ccccc4)c(CI)c3)ccn2)CC1. The predicted molar refractivity (Wildman–Crippen MR) is 164 cm³/mol. The van der Waals surface area contributed by atoms with Crippen LogP contribution in [0.25, 0.3) is 0 Å². The van der Waals surface area contributed by atoms with Crippen LogP contribution in [0.3, 0.4) is 0 Å². The normalized spacial score (nSPS) is 13.7. The average Bonchev–Trinajstić information content (AvgIpc) is 2.93. The van der Waals surface area contributed by atoms with E-state index in [1.807, 2.05) is 32.9 Å². The van der Waals surface area contributed by atoms with Gasteiger partial charge in [0.15, 0.2) is 0 Å². The van der Waals surface area contributed by atoms with Crippen molar-refractivity contribution in [2.24, 2.45) is 5.92 Å². The summed E-state index contributed by atoms with van der Waals surface area (Å²) in [5.41, 5.74) is 0.915. The fraction of sp³-hybridized carbons (Fsp3) is 0.333. The van der Waals surface area contributed by atoms with E-state index < -0.39 is 11.7 Å². The molecule has 3 aromatic rings. The minimum Gasteiger partial charge on any atom is -0.457 e. The molecule has 2 N–H and O–H groups in total. The van der Waals surface area contributed by atoms with Crippen LogP contribution < -0.4 is 20.1 Å². The summed E-state index contributed by atoms with van der Waals surface area (Å²) in [6.45, 7) is 6.40. The molecular weight excluding hydrogens is 639 g/mol. The predicted octanol–water partition coefficient (Wildman–Crippen LogP) is 7.01. The lowest BCUT2D eigenvalue weighted by molar-refractivity contribution is -0.121. The monoisotopic (exact) mass is 672 g/mol. The molecule has 2 aromatic carbocycles. The van der Waals surface area contributed by atoms with Crippen molar-refractivity contribution >= 4 is 52.2 Å². The number of benzene rings is 2. The number of carbonyl (C=O) groups excluding carboxylic acids is 3. The van der Waals surface area contributed by atoms with Crippen molar-refractivity contribution in [2.75, 3.05) is 23.7 Å². The van der Waals surface area contributed by atoms with E-state index in [1.54, 1.807) is 59.6 Å². The molecule has 0 radical (unpaired) electrons. The topological polar surface area (TPSA) is 119 Å². The van der Waals surface area contributed by atoms with Gasteiger partial charge in [0.1, 0.15) is 28.7 Å². The summed E-state index contributed by atoms with van der Waals surface area (Å²) in [6.07, 6.45) is 1.70. The number of aromatic nitrogens is 1. The van der Waals surface area contributed by atoms with E-state index in [-0.39, 0.29) is 17.9 Å². The highest BCUT2D eigenvalue weighted by Gasteiger charge is 2.30. The first-order chi connectivity index (χ1) is 19.6. The Kier molecular flexibility index (Phi) is 10.0. The van der Waals surface area contributed by atoms with Crippen molar-refractivity contribution in [1.29, 1.82) is 0 Å². The van der Waals surface area contributed by atoms with E-state index in [0.29, 0.717) is 59.1 Å². The van der Waals surface area contributed by atoms with E-state index >= 15 is 0 Å². The zero-order valence-electron chi connectivity index (χ0n) is 23.2. The molecule has 1 aliphatic rings. The number of pyridine rings is 1. The molecule has 1 aromatic heterocycles. The van der Waals surface area contributed by atoms with Crippen LogP contribution in [0.1, 0.15) is 39.2 Å². The Morgan fingerprint density at radius 2 is 1.66 bits per heavy atom. The van der Waals surface area contributed by atoms with Crippen molar-refractivity contribution in [1.82, 2.24) is 9.88 Å². The molecule has 11 heteroatoms. The first-order valence-corrected chi connectivity index (χ1v) is 14.8. The van der Waals surface area contributed by atoms with Gasteiger partial charge in [0, 0.05) is 41.4 Å². The molecule has 1 fully saturated rings. The highest BCUT2D eigenvalue weighted by atomic mass is 127. The zero-order valence-corrected chi connectivity index (χ0v) is 25.3. The summed E-state index contributed by atoms with van der Waals surface area (Å²) < 4.78 is 17.4. The molecule has 3 amide bonds. The van der Waals surface area contributed by atoms with Crippen molar-refractivity contribution < 1.29 is 28.6 Å². The molecule has 0 spiro atoms. The number of hydrogen-bond acceptors (Lipinski definition) is 7. The Bertz CT molecular complexity index is 1370. The molecule has 2 heterocycles. The molecular formula is C30H33IN4O6. The molecule has 0 unspecified atom stereocenters. The molecule has 0 aliphatic carbocycles. The molecule has 41 heavy (non-hydrogen) atoms. The average molecular weight is 673 g/mol. The first-order valence-electron chi connectivity index (χ1n) is 13.2. The quantitative estimate of drug-likeness (QED) is 0.205. The highest BCUT2D eigenvalue weighted by molar-refractivity contribution is 14.1. The van der Waals surface area contributed by atoms with Gasteiger partial charge in [-0.25, -0.2) is 14.6 Å². The second-order valence-electron chi connectivity index (χ2n) is 10.5. The fourth-order valence-corrected chi connectivity index (χ4v) is 4.79. The third-order valence-corrected chi connectivity index (χ3v) is 6.97. The number of alkyl halides is 1. The van der Waals surface area contributed by atoms with Gasteiger partial charge >= 0.3 is 12.2 Å². The number of likely N-dealkylation sites (tertiary alicyclic amines) is 1. The number of halogens is 1. The van der Waals surface area contributed by atoms with Gasteiger partial charge in [-0.15, -0.1) is 0 Å². The van der Waals surface area contributed by atoms with Gasteiger partial charge in [-0.3, -0.25) is 10.1 Å². The van der Waals surface area contributed by atoms with Crippen LogP contribution in [0.15, 0.2) is 66.9 Å². The van der Waals surface area contributed by atoms with Crippen LogP contribution >= 0.6 is 22.6 Å². The maximum Gasteiger partial charge on any atom is 0.417 e. The molecule has 1 aliphatic heterocycles. The number of para-hydroxylation sites is 1. The van der Waals surface area contributed by atoms with Gasteiger partial charge in [0.05, 0.1) is 0 Å². The Labute approximate surface area is 252 Å². The fourth-order valence-electron chi connectivity index (χ4n) is 4.16. The van der Waals surface area contributed by atoms with Crippen LogP contribution in [0.5, 0.6) is 17.2 Å². The third kappa shape index (κ3) is 9.07. The molecule has 10 nitrogen and oxygen atoms in total. The van der Waals surface area contributed by atoms with Crippen LogP contribution in [0.4, 0.5) is 21.1 Å². The summed E-state index contributed by atoms with van der Waals surface area (Å²) in [6, 6.07) is 17.5. The van der Waals surface area contributed by atoms with Gasteiger partial charge in [0.2, 0.25) is 5.91 Å². The number of carbonyl (C=O) groups is 3. The van der Waals surface area contributed by atoms with Crippen molar-refractivity contribution in [3.8, 4) is 17.2 Å². The standard InChI is InChI=1S/C30H33IN4O6/c1-30(2,3)41-29(38)35-15-12-20(13-16-35)27(36)34-26-18-24(11-14-32-26)39-23-9-10-25(21(17-23)19-31)33-28(37)40-22-7-5-4-6-8-22/h4-11,14,17-18,20H,12-13,15-16,19H2,1-3H3,(H,33,37)(H,32,34,36). The summed E-state index contributed by atoms with van der Waals surface area (Å²) >= 11 is 2.21. The lowest BCUT2D eigenvalue weighted by atomic mass is 9.96. The van der Waals surface area contributed by atoms with E-state index in [1.165, 1.54) is 0 Å². The smallest absolute Gasteiger partial charge is 0.417 e. The Morgan fingerprint density at radius 3 is 2.34 bits per heavy atom. The summed E-state index contributed by atoms with van der Waals surface area (Å²) in [7, 11) is 0. The second-order valence-corrected chi connectivity index (χ2v) is 11.3. The molecule has 216 valence electrons. The molecule has 4 rings (SSSR count). The summed E-state index contributed by atoms with van der Waals surface area (Å²) in [5, 5.41) is 5.64. The second kappa shape index (κ2) is 13.7. The number of nitrogens with one attached hydrogen (secondary N) is 2. The summed E-state index contributed by atoms with van der Waals surface area (Å²) in [4.78, 5) is 43.4. The third-order valence-electron chi connectivity index (χ3n) is 6.15. The Morgan fingerprint density at radius 1 is 0.951 bits per heavy atom. The van der Waals surface area contributed by atoms with Gasteiger partial charge in [-0.2, -0.15) is 0 Å².